The number of aryl methyl sites for hydroxylation is 1. The van der Waals surface area contributed by atoms with Crippen LogP contribution in [0.2, 0.25) is 5.02 Å². The summed E-state index contributed by atoms with van der Waals surface area (Å²) in [5.74, 6) is 0.927. The molecule has 0 atom stereocenters. The number of anilines is 2. The van der Waals surface area contributed by atoms with Crippen LogP contribution >= 0.6 is 11.6 Å². The van der Waals surface area contributed by atoms with Crippen molar-refractivity contribution in [2.75, 3.05) is 49.5 Å². The van der Waals surface area contributed by atoms with Crippen molar-refractivity contribution in [3.05, 3.63) is 52.5 Å². The summed E-state index contributed by atoms with van der Waals surface area (Å²) in [6, 6.07) is 12.3. The van der Waals surface area contributed by atoms with Crippen molar-refractivity contribution < 1.29 is 9.53 Å². The number of ether oxygens (including phenoxy) is 1. The van der Waals surface area contributed by atoms with E-state index in [1.165, 1.54) is 16.8 Å². The molecule has 1 saturated heterocycles. The molecule has 2 aliphatic rings. The fraction of sp³-hybridized carbons (Fsp3) is 0.500. The summed E-state index contributed by atoms with van der Waals surface area (Å²) in [7, 11) is 0. The van der Waals surface area contributed by atoms with Crippen LogP contribution in [-0.4, -0.2) is 50.1 Å². The Bertz CT molecular complexity index is 925. The molecule has 5 nitrogen and oxygen atoms in total. The van der Waals surface area contributed by atoms with Crippen molar-refractivity contribution in [3.63, 3.8) is 0 Å². The highest BCUT2D eigenvalue weighted by molar-refractivity contribution is 6.31. The zero-order chi connectivity index (χ0) is 22.3. The highest BCUT2D eigenvalue weighted by Gasteiger charge is 2.20. The number of hydrogen-bond donors (Lipinski definition) is 1. The largest absolute Gasteiger partial charge is 0.494 e. The Morgan fingerprint density at radius 1 is 1.06 bits per heavy atom. The Kier molecular flexibility index (Phi) is 7.93. The average Bonchev–Trinajstić information content (AvgIpc) is 2.80. The molecule has 2 aromatic rings. The normalized spacial score (nSPS) is 16.6. The fourth-order valence-electron chi connectivity index (χ4n) is 4.62. The maximum Gasteiger partial charge on any atom is 0.224 e. The molecule has 32 heavy (non-hydrogen) atoms. The molecule has 0 saturated carbocycles. The molecule has 0 aromatic heterocycles. The van der Waals surface area contributed by atoms with E-state index in [4.69, 9.17) is 16.3 Å². The van der Waals surface area contributed by atoms with Gasteiger partial charge < -0.3 is 15.0 Å². The van der Waals surface area contributed by atoms with Crippen molar-refractivity contribution in [2.45, 2.75) is 45.4 Å². The number of halogens is 1. The molecule has 0 unspecified atom stereocenters. The van der Waals surface area contributed by atoms with Crippen LogP contribution in [0.3, 0.4) is 0 Å². The van der Waals surface area contributed by atoms with Crippen LogP contribution in [0.4, 0.5) is 11.4 Å². The number of carbonyl (C=O) groups excluding carboxylic acids is 1. The SMILES string of the molecule is CCCc1c(Cl)cccc1N1CCN(CCCCOc2ccc3c(c2)NC(=O)CC3)CC1. The van der Waals surface area contributed by atoms with Crippen molar-refractivity contribution in [2.24, 2.45) is 0 Å². The minimum atomic E-state index is 0.0895. The Morgan fingerprint density at radius 2 is 1.91 bits per heavy atom. The molecule has 4 rings (SSSR count). The fourth-order valence-corrected chi connectivity index (χ4v) is 4.89. The topological polar surface area (TPSA) is 44.8 Å². The summed E-state index contributed by atoms with van der Waals surface area (Å²) in [4.78, 5) is 16.6. The zero-order valence-corrected chi connectivity index (χ0v) is 19.8. The van der Waals surface area contributed by atoms with Gasteiger partial charge in [-0.05, 0) is 61.6 Å². The van der Waals surface area contributed by atoms with Crippen molar-refractivity contribution in [1.29, 1.82) is 0 Å². The number of nitrogens with one attached hydrogen (secondary N) is 1. The van der Waals surface area contributed by atoms with Gasteiger partial charge in [0.1, 0.15) is 5.75 Å². The van der Waals surface area contributed by atoms with Gasteiger partial charge in [0.25, 0.3) is 0 Å². The third-order valence-electron chi connectivity index (χ3n) is 6.42. The van der Waals surface area contributed by atoms with Crippen LogP contribution in [0, 0.1) is 0 Å². The van der Waals surface area contributed by atoms with Gasteiger partial charge in [0, 0.05) is 55.1 Å². The average molecular weight is 456 g/mol. The summed E-state index contributed by atoms with van der Waals surface area (Å²) in [6.07, 6.45) is 5.68. The van der Waals surface area contributed by atoms with E-state index in [0.717, 1.165) is 81.3 Å². The van der Waals surface area contributed by atoms with Crippen molar-refractivity contribution in [3.8, 4) is 5.75 Å². The van der Waals surface area contributed by atoms with Crippen molar-refractivity contribution >= 4 is 28.9 Å². The second kappa shape index (κ2) is 11.1. The predicted octanol–water partition coefficient (Wildman–Crippen LogP) is 5.16. The van der Waals surface area contributed by atoms with Gasteiger partial charge in [-0.2, -0.15) is 0 Å². The lowest BCUT2D eigenvalue weighted by molar-refractivity contribution is -0.116. The minimum absolute atomic E-state index is 0.0895. The third-order valence-corrected chi connectivity index (χ3v) is 6.78. The number of carbonyl (C=O) groups is 1. The van der Waals surface area contributed by atoms with Crippen LogP contribution in [0.5, 0.6) is 5.75 Å². The number of rotatable bonds is 9. The first-order chi connectivity index (χ1) is 15.6. The molecule has 6 heteroatoms. The molecule has 2 aliphatic heterocycles. The lowest BCUT2D eigenvalue weighted by atomic mass is 10.0. The molecular weight excluding hydrogens is 422 g/mol. The summed E-state index contributed by atoms with van der Waals surface area (Å²) in [6.45, 7) is 8.29. The number of amides is 1. The van der Waals surface area contributed by atoms with E-state index >= 15 is 0 Å². The van der Waals surface area contributed by atoms with E-state index in [0.29, 0.717) is 13.0 Å². The van der Waals surface area contributed by atoms with E-state index in [1.807, 2.05) is 18.2 Å². The van der Waals surface area contributed by atoms with Crippen LogP contribution < -0.4 is 15.0 Å². The molecule has 1 N–H and O–H groups in total. The molecule has 172 valence electrons. The molecule has 0 aliphatic carbocycles. The summed E-state index contributed by atoms with van der Waals surface area (Å²) >= 11 is 6.47. The molecule has 2 aromatic carbocycles. The highest BCUT2D eigenvalue weighted by Crippen LogP contribution is 2.30. The summed E-state index contributed by atoms with van der Waals surface area (Å²) < 4.78 is 5.93. The third kappa shape index (κ3) is 5.76. The number of fused-ring (bicyclic) bond motifs is 1. The smallest absolute Gasteiger partial charge is 0.224 e. The molecule has 0 spiro atoms. The van der Waals surface area contributed by atoms with Gasteiger partial charge in [-0.1, -0.05) is 37.1 Å². The second-order valence-corrected chi connectivity index (χ2v) is 9.15. The monoisotopic (exact) mass is 455 g/mol. The Labute approximate surface area is 196 Å². The van der Waals surface area contributed by atoms with Crippen molar-refractivity contribution in [1.82, 2.24) is 4.90 Å². The number of nitrogens with zero attached hydrogens (tertiary/aromatic N) is 2. The Balaban J connectivity index is 1.17. The van der Waals surface area contributed by atoms with Crippen LogP contribution in [0.25, 0.3) is 0 Å². The van der Waals surface area contributed by atoms with Gasteiger partial charge in [-0.15, -0.1) is 0 Å². The minimum Gasteiger partial charge on any atom is -0.494 e. The first-order valence-corrected chi connectivity index (χ1v) is 12.3. The Morgan fingerprint density at radius 3 is 2.72 bits per heavy atom. The molecule has 1 fully saturated rings. The number of piperazine rings is 1. The molecule has 0 radical (unpaired) electrons. The quantitative estimate of drug-likeness (QED) is 0.530. The molecule has 0 bridgehead atoms. The number of benzene rings is 2. The lowest BCUT2D eigenvalue weighted by Gasteiger charge is -2.37. The zero-order valence-electron chi connectivity index (χ0n) is 19.0. The van der Waals surface area contributed by atoms with Gasteiger partial charge >= 0.3 is 0 Å². The van der Waals surface area contributed by atoms with Gasteiger partial charge in [0.2, 0.25) is 5.91 Å². The van der Waals surface area contributed by atoms with Gasteiger partial charge in [0.05, 0.1) is 6.61 Å². The molecule has 1 amide bonds. The second-order valence-electron chi connectivity index (χ2n) is 8.74. The first kappa shape index (κ1) is 22.9. The summed E-state index contributed by atoms with van der Waals surface area (Å²) in [5.41, 5.74) is 4.70. The first-order valence-electron chi connectivity index (χ1n) is 11.9. The standard InChI is InChI=1S/C26H34ClN3O2/c1-2-6-22-23(27)7-5-8-25(22)30-16-14-29(15-17-30)13-3-4-18-32-21-11-9-20-10-12-26(31)28-24(20)19-21/h5,7-9,11,19H,2-4,6,10,12-18H2,1H3,(H,28,31). The van der Waals surface area contributed by atoms with Gasteiger partial charge in [0.15, 0.2) is 0 Å². The maximum atomic E-state index is 11.6. The van der Waals surface area contributed by atoms with Crippen LogP contribution in [-0.2, 0) is 17.6 Å². The predicted molar refractivity (Wildman–Crippen MR) is 132 cm³/mol. The maximum absolute atomic E-state index is 11.6. The van der Waals surface area contributed by atoms with E-state index in [1.54, 1.807) is 0 Å². The van der Waals surface area contributed by atoms with Gasteiger partial charge in [-0.25, -0.2) is 0 Å². The Hall–Kier alpha value is -2.24. The lowest BCUT2D eigenvalue weighted by Crippen LogP contribution is -2.47. The highest BCUT2D eigenvalue weighted by atomic mass is 35.5. The summed E-state index contributed by atoms with van der Waals surface area (Å²) in [5, 5.41) is 3.83. The molecular formula is C26H34ClN3O2. The number of hydrogen-bond acceptors (Lipinski definition) is 4. The van der Waals surface area contributed by atoms with E-state index < -0.39 is 0 Å². The number of unbranched alkanes of at least 4 members (excludes halogenated alkanes) is 1. The van der Waals surface area contributed by atoms with E-state index in [-0.39, 0.29) is 5.91 Å². The van der Waals surface area contributed by atoms with E-state index in [2.05, 4.69) is 40.2 Å². The molecule has 2 heterocycles. The van der Waals surface area contributed by atoms with Crippen LogP contribution in [0.1, 0.15) is 43.7 Å². The van der Waals surface area contributed by atoms with E-state index in [9.17, 15) is 4.79 Å². The van der Waals surface area contributed by atoms with Gasteiger partial charge in [-0.3, -0.25) is 9.69 Å². The van der Waals surface area contributed by atoms with Crippen LogP contribution in [0.15, 0.2) is 36.4 Å².